The average molecular weight is 362 g/mol. The molecule has 136 valence electrons. The summed E-state index contributed by atoms with van der Waals surface area (Å²) in [7, 11) is 1.84. The van der Waals surface area contributed by atoms with Crippen LogP contribution in [0, 0.1) is 0 Å². The first-order valence-electron chi connectivity index (χ1n) is 9.70. The van der Waals surface area contributed by atoms with Gasteiger partial charge >= 0.3 is 0 Å². The number of hydrogen-bond acceptors (Lipinski definition) is 1. The van der Waals surface area contributed by atoms with E-state index in [9.17, 15) is 0 Å². The minimum atomic E-state index is -0.606. The standard InChI is InChI=1S/C27H22O/c1-28-27(20-12-4-2-5-13-20,21-14-6-3-7-15-21)26-24-18-10-8-16-22(24)23-17-9-11-19-25(23)26/h2-19,26H,1H3. The summed E-state index contributed by atoms with van der Waals surface area (Å²) < 4.78 is 6.51. The summed E-state index contributed by atoms with van der Waals surface area (Å²) >= 11 is 0. The fraction of sp³-hybridized carbons (Fsp3) is 0.111. The van der Waals surface area contributed by atoms with Gasteiger partial charge in [-0.05, 0) is 33.4 Å². The molecule has 1 heteroatoms. The molecule has 1 aliphatic rings. The monoisotopic (exact) mass is 362 g/mol. The van der Waals surface area contributed by atoms with E-state index < -0.39 is 5.60 Å². The second kappa shape index (κ2) is 6.78. The van der Waals surface area contributed by atoms with Crippen LogP contribution >= 0.6 is 0 Å². The maximum Gasteiger partial charge on any atom is 0.129 e. The van der Waals surface area contributed by atoms with Crippen molar-refractivity contribution >= 4 is 0 Å². The zero-order valence-electron chi connectivity index (χ0n) is 15.9. The smallest absolute Gasteiger partial charge is 0.129 e. The predicted molar refractivity (Wildman–Crippen MR) is 114 cm³/mol. The molecule has 0 spiro atoms. The van der Waals surface area contributed by atoms with Crippen LogP contribution in [0.5, 0.6) is 0 Å². The van der Waals surface area contributed by atoms with E-state index in [2.05, 4.69) is 109 Å². The summed E-state index contributed by atoms with van der Waals surface area (Å²) in [5.74, 6) is 0.0784. The van der Waals surface area contributed by atoms with Crippen LogP contribution < -0.4 is 0 Å². The van der Waals surface area contributed by atoms with Gasteiger partial charge in [-0.15, -0.1) is 0 Å². The maximum atomic E-state index is 6.51. The summed E-state index contributed by atoms with van der Waals surface area (Å²) in [5, 5.41) is 0. The Kier molecular flexibility index (Phi) is 4.11. The first kappa shape index (κ1) is 17.0. The van der Waals surface area contributed by atoms with Gasteiger partial charge in [0.25, 0.3) is 0 Å². The number of methoxy groups -OCH3 is 1. The van der Waals surface area contributed by atoms with Gasteiger partial charge in [-0.1, -0.05) is 109 Å². The zero-order valence-corrected chi connectivity index (χ0v) is 15.9. The molecule has 0 aliphatic heterocycles. The van der Waals surface area contributed by atoms with E-state index in [-0.39, 0.29) is 5.92 Å². The van der Waals surface area contributed by atoms with Crippen molar-refractivity contribution in [2.45, 2.75) is 11.5 Å². The van der Waals surface area contributed by atoms with Gasteiger partial charge in [-0.2, -0.15) is 0 Å². The van der Waals surface area contributed by atoms with Crippen molar-refractivity contribution in [2.24, 2.45) is 0 Å². The van der Waals surface area contributed by atoms with Crippen molar-refractivity contribution in [2.75, 3.05) is 7.11 Å². The van der Waals surface area contributed by atoms with Crippen molar-refractivity contribution in [1.82, 2.24) is 0 Å². The third-order valence-corrected chi connectivity index (χ3v) is 5.97. The molecule has 5 rings (SSSR count). The van der Waals surface area contributed by atoms with Crippen molar-refractivity contribution in [3.8, 4) is 11.1 Å². The van der Waals surface area contributed by atoms with Crippen molar-refractivity contribution in [1.29, 1.82) is 0 Å². The van der Waals surface area contributed by atoms with E-state index in [0.717, 1.165) is 0 Å². The molecule has 1 nitrogen and oxygen atoms in total. The largest absolute Gasteiger partial charge is 0.368 e. The molecule has 0 atom stereocenters. The molecule has 0 radical (unpaired) electrons. The van der Waals surface area contributed by atoms with Crippen LogP contribution in [-0.2, 0) is 10.3 Å². The molecule has 0 saturated carbocycles. The zero-order chi connectivity index (χ0) is 19.0. The van der Waals surface area contributed by atoms with Gasteiger partial charge in [0.15, 0.2) is 0 Å². The number of ether oxygens (including phenoxy) is 1. The molecule has 0 amide bonds. The Hall–Kier alpha value is -3.16. The lowest BCUT2D eigenvalue weighted by molar-refractivity contribution is 0.00847. The fourth-order valence-electron chi connectivity index (χ4n) is 4.82. The Balaban J connectivity index is 1.87. The van der Waals surface area contributed by atoms with Crippen LogP contribution in [0.4, 0.5) is 0 Å². The first-order chi connectivity index (χ1) is 13.9. The Morgan fingerprint density at radius 3 is 1.36 bits per heavy atom. The van der Waals surface area contributed by atoms with Crippen molar-refractivity contribution < 1.29 is 4.74 Å². The van der Waals surface area contributed by atoms with E-state index in [0.29, 0.717) is 0 Å². The summed E-state index contributed by atoms with van der Waals surface area (Å²) in [6.07, 6.45) is 0. The molecule has 4 aromatic rings. The maximum absolute atomic E-state index is 6.51. The first-order valence-corrected chi connectivity index (χ1v) is 9.70. The summed E-state index contributed by atoms with van der Waals surface area (Å²) in [6.45, 7) is 0. The highest BCUT2D eigenvalue weighted by Crippen LogP contribution is 2.56. The van der Waals surface area contributed by atoms with Gasteiger partial charge < -0.3 is 4.74 Å². The van der Waals surface area contributed by atoms with Crippen LogP contribution in [0.3, 0.4) is 0 Å². The Bertz CT molecular complexity index is 1010. The van der Waals surface area contributed by atoms with Crippen LogP contribution in [-0.4, -0.2) is 7.11 Å². The van der Waals surface area contributed by atoms with Crippen LogP contribution in [0.1, 0.15) is 28.2 Å². The Morgan fingerprint density at radius 1 is 0.536 bits per heavy atom. The predicted octanol–water partition coefficient (Wildman–Crippen LogP) is 6.39. The lowest BCUT2D eigenvalue weighted by Crippen LogP contribution is -2.37. The molecule has 0 fully saturated rings. The van der Waals surface area contributed by atoms with Crippen molar-refractivity contribution in [3.05, 3.63) is 131 Å². The average Bonchev–Trinajstić information content (AvgIpc) is 3.12. The molecule has 0 aromatic heterocycles. The third-order valence-electron chi connectivity index (χ3n) is 5.97. The van der Waals surface area contributed by atoms with Gasteiger partial charge in [-0.25, -0.2) is 0 Å². The molecule has 0 saturated heterocycles. The topological polar surface area (TPSA) is 9.23 Å². The summed E-state index contributed by atoms with van der Waals surface area (Å²) in [5.41, 5.74) is 6.97. The molecule has 4 aromatic carbocycles. The Morgan fingerprint density at radius 2 is 0.929 bits per heavy atom. The highest BCUT2D eigenvalue weighted by molar-refractivity contribution is 5.80. The second-order valence-corrected chi connectivity index (χ2v) is 7.28. The number of benzene rings is 4. The van der Waals surface area contributed by atoms with Crippen molar-refractivity contribution in [3.63, 3.8) is 0 Å². The normalized spacial score (nSPS) is 13.2. The highest BCUT2D eigenvalue weighted by atomic mass is 16.5. The lowest BCUT2D eigenvalue weighted by Gasteiger charge is -2.40. The van der Waals surface area contributed by atoms with E-state index in [4.69, 9.17) is 4.74 Å². The third kappa shape index (κ3) is 2.37. The molecule has 1 aliphatic carbocycles. The lowest BCUT2D eigenvalue weighted by atomic mass is 9.71. The summed E-state index contributed by atoms with van der Waals surface area (Å²) in [6, 6.07) is 38.7. The van der Waals surface area contributed by atoms with Gasteiger partial charge in [-0.3, -0.25) is 0 Å². The van der Waals surface area contributed by atoms with E-state index >= 15 is 0 Å². The van der Waals surface area contributed by atoms with Gasteiger partial charge in [0.2, 0.25) is 0 Å². The van der Waals surface area contributed by atoms with E-state index in [1.165, 1.54) is 33.4 Å². The quantitative estimate of drug-likeness (QED) is 0.409. The molecule has 0 N–H and O–H groups in total. The summed E-state index contributed by atoms with van der Waals surface area (Å²) in [4.78, 5) is 0. The van der Waals surface area contributed by atoms with Gasteiger partial charge in [0, 0.05) is 13.0 Å². The number of rotatable bonds is 4. The van der Waals surface area contributed by atoms with Crippen LogP contribution in [0.15, 0.2) is 109 Å². The second-order valence-electron chi connectivity index (χ2n) is 7.28. The van der Waals surface area contributed by atoms with E-state index in [1.807, 2.05) is 7.11 Å². The molecular formula is C27H22O. The number of fused-ring (bicyclic) bond motifs is 3. The molecule has 28 heavy (non-hydrogen) atoms. The molecule has 0 unspecified atom stereocenters. The Labute approximate surface area is 166 Å². The molecule has 0 heterocycles. The van der Waals surface area contributed by atoms with E-state index in [1.54, 1.807) is 0 Å². The highest BCUT2D eigenvalue weighted by Gasteiger charge is 2.48. The SMILES string of the molecule is COC(c1ccccc1)(c1ccccc1)C1c2ccccc2-c2ccccc21. The van der Waals surface area contributed by atoms with Gasteiger partial charge in [0.05, 0.1) is 0 Å². The minimum Gasteiger partial charge on any atom is -0.368 e. The fourth-order valence-corrected chi connectivity index (χ4v) is 4.82. The van der Waals surface area contributed by atoms with Gasteiger partial charge in [0.1, 0.15) is 5.60 Å². The van der Waals surface area contributed by atoms with Crippen LogP contribution in [0.2, 0.25) is 0 Å². The molecule has 0 bridgehead atoms. The minimum absolute atomic E-state index is 0.0784. The number of hydrogen-bond donors (Lipinski definition) is 0. The van der Waals surface area contributed by atoms with Crippen LogP contribution in [0.25, 0.3) is 11.1 Å². The molecular weight excluding hydrogens is 340 g/mol.